The van der Waals surface area contributed by atoms with Crippen molar-refractivity contribution in [2.24, 2.45) is 4.99 Å². The number of rotatable bonds is 6. The van der Waals surface area contributed by atoms with Crippen LogP contribution < -0.4 is 15.4 Å². The fourth-order valence-electron chi connectivity index (χ4n) is 2.97. The van der Waals surface area contributed by atoms with Crippen LogP contribution in [0.5, 0.6) is 5.75 Å². The Kier molecular flexibility index (Phi) is 10.1. The summed E-state index contributed by atoms with van der Waals surface area (Å²) in [6, 6.07) is 7.67. The number of likely N-dealkylation sites (tertiary alicyclic amines) is 1. The highest BCUT2D eigenvalue weighted by Gasteiger charge is 2.21. The lowest BCUT2D eigenvalue weighted by molar-refractivity contribution is -0.0498. The van der Waals surface area contributed by atoms with Gasteiger partial charge in [-0.2, -0.15) is 8.78 Å². The molecule has 1 aromatic rings. The van der Waals surface area contributed by atoms with E-state index in [-0.39, 0.29) is 29.7 Å². The van der Waals surface area contributed by atoms with Crippen LogP contribution in [-0.4, -0.2) is 49.7 Å². The molecule has 0 spiro atoms. The lowest BCUT2D eigenvalue weighted by atomic mass is 10.0. The second-order valence-corrected chi connectivity index (χ2v) is 6.50. The summed E-state index contributed by atoms with van der Waals surface area (Å²) in [5.41, 5.74) is 0.857. The summed E-state index contributed by atoms with van der Waals surface area (Å²) in [6.45, 7) is 4.29. The Morgan fingerprint density at radius 2 is 2.00 bits per heavy atom. The summed E-state index contributed by atoms with van der Waals surface area (Å²) in [7, 11) is 1.73. The monoisotopic (exact) mass is 482 g/mol. The Balaban J connectivity index is 0.00000338. The van der Waals surface area contributed by atoms with Crippen LogP contribution in [0.3, 0.4) is 0 Å². The predicted octanol–water partition coefficient (Wildman–Crippen LogP) is 3.44. The van der Waals surface area contributed by atoms with Crippen LogP contribution in [0, 0.1) is 0 Å². The Morgan fingerprint density at radius 3 is 2.58 bits per heavy atom. The summed E-state index contributed by atoms with van der Waals surface area (Å²) in [6.07, 6.45) is 2.16. The van der Waals surface area contributed by atoms with E-state index >= 15 is 0 Å². The summed E-state index contributed by atoms with van der Waals surface area (Å²) in [4.78, 5) is 6.73. The van der Waals surface area contributed by atoms with Gasteiger partial charge in [-0.25, -0.2) is 0 Å². The van der Waals surface area contributed by atoms with Gasteiger partial charge in [-0.3, -0.25) is 4.99 Å². The van der Waals surface area contributed by atoms with Crippen molar-refractivity contribution in [2.75, 3.05) is 20.1 Å². The first-order valence-corrected chi connectivity index (χ1v) is 8.73. The van der Waals surface area contributed by atoms with E-state index in [2.05, 4.69) is 39.1 Å². The third-order valence-electron chi connectivity index (χ3n) is 4.41. The van der Waals surface area contributed by atoms with Crippen molar-refractivity contribution in [2.45, 2.75) is 51.9 Å². The van der Waals surface area contributed by atoms with Gasteiger partial charge < -0.3 is 20.3 Å². The van der Waals surface area contributed by atoms with Gasteiger partial charge in [0, 0.05) is 38.8 Å². The zero-order valence-corrected chi connectivity index (χ0v) is 17.9. The predicted molar refractivity (Wildman–Crippen MR) is 112 cm³/mol. The molecular formula is C18H29F2IN4O. The van der Waals surface area contributed by atoms with E-state index in [1.165, 1.54) is 6.07 Å². The number of nitrogens with one attached hydrogen (secondary N) is 2. The first kappa shape index (κ1) is 22.9. The molecule has 1 aliphatic heterocycles. The number of hydrogen-bond acceptors (Lipinski definition) is 3. The lowest BCUT2D eigenvalue weighted by Gasteiger charge is -2.35. The second-order valence-electron chi connectivity index (χ2n) is 6.50. The summed E-state index contributed by atoms with van der Waals surface area (Å²) < 4.78 is 29.0. The SMILES string of the molecule is CN=C(NCc1cccc(OC(F)F)c1)NC1CCN(C(C)C)CC1.I. The number of benzene rings is 1. The highest BCUT2D eigenvalue weighted by molar-refractivity contribution is 14.0. The average Bonchev–Trinajstić information content (AvgIpc) is 2.58. The van der Waals surface area contributed by atoms with Gasteiger partial charge in [-0.15, -0.1) is 24.0 Å². The molecule has 0 amide bonds. The molecule has 0 unspecified atom stereocenters. The maximum absolute atomic E-state index is 12.3. The maximum atomic E-state index is 12.3. The standard InChI is InChI=1S/C18H28F2N4O.HI/c1-13(2)24-9-7-15(8-10-24)23-18(21-3)22-12-14-5-4-6-16(11-14)25-17(19)20;/h4-6,11,13,15,17H,7-10,12H2,1-3H3,(H2,21,22,23);1H. The number of halogens is 3. The highest BCUT2D eigenvalue weighted by Crippen LogP contribution is 2.16. The van der Waals surface area contributed by atoms with Crippen molar-refractivity contribution < 1.29 is 13.5 Å². The van der Waals surface area contributed by atoms with Crippen molar-refractivity contribution in [3.8, 4) is 5.75 Å². The van der Waals surface area contributed by atoms with Crippen molar-refractivity contribution in [3.05, 3.63) is 29.8 Å². The number of nitrogens with zero attached hydrogens (tertiary/aromatic N) is 2. The Morgan fingerprint density at radius 1 is 1.31 bits per heavy atom. The van der Waals surface area contributed by atoms with Gasteiger partial charge in [-0.1, -0.05) is 12.1 Å². The average molecular weight is 482 g/mol. The quantitative estimate of drug-likeness (QED) is 0.371. The van der Waals surface area contributed by atoms with Crippen molar-refractivity contribution in [3.63, 3.8) is 0 Å². The molecule has 0 radical (unpaired) electrons. The van der Waals surface area contributed by atoms with E-state index in [4.69, 9.17) is 0 Å². The molecule has 148 valence electrons. The normalized spacial score (nSPS) is 16.5. The number of aliphatic imine (C=N–C) groups is 1. The van der Waals surface area contributed by atoms with Crippen molar-refractivity contribution >= 4 is 29.9 Å². The largest absolute Gasteiger partial charge is 0.435 e. The molecular weight excluding hydrogens is 453 g/mol. The van der Waals surface area contributed by atoms with Gasteiger partial charge >= 0.3 is 6.61 Å². The number of piperidine rings is 1. The van der Waals surface area contributed by atoms with Crippen LogP contribution in [0.4, 0.5) is 8.78 Å². The third-order valence-corrected chi connectivity index (χ3v) is 4.41. The highest BCUT2D eigenvalue weighted by atomic mass is 127. The molecule has 8 heteroatoms. The lowest BCUT2D eigenvalue weighted by Crippen LogP contribution is -2.49. The molecule has 0 bridgehead atoms. The molecule has 0 aromatic heterocycles. The second kappa shape index (κ2) is 11.5. The number of alkyl halides is 2. The molecule has 2 N–H and O–H groups in total. The maximum Gasteiger partial charge on any atom is 0.387 e. The Labute approximate surface area is 171 Å². The minimum atomic E-state index is -2.81. The molecule has 5 nitrogen and oxygen atoms in total. The molecule has 2 rings (SSSR count). The topological polar surface area (TPSA) is 48.9 Å². The molecule has 1 saturated heterocycles. The summed E-state index contributed by atoms with van der Waals surface area (Å²) in [5.74, 6) is 0.890. The zero-order chi connectivity index (χ0) is 18.2. The Bertz CT molecular complexity index is 564. The number of guanidine groups is 1. The van der Waals surface area contributed by atoms with E-state index in [1.807, 2.05) is 6.07 Å². The van der Waals surface area contributed by atoms with Crippen LogP contribution in [0.15, 0.2) is 29.3 Å². The molecule has 0 atom stereocenters. The first-order valence-electron chi connectivity index (χ1n) is 8.73. The van der Waals surface area contributed by atoms with Crippen LogP contribution in [0.2, 0.25) is 0 Å². The van der Waals surface area contributed by atoms with E-state index in [0.717, 1.165) is 37.5 Å². The van der Waals surface area contributed by atoms with E-state index in [1.54, 1.807) is 19.2 Å². The van der Waals surface area contributed by atoms with Crippen molar-refractivity contribution in [1.82, 2.24) is 15.5 Å². The van der Waals surface area contributed by atoms with Gasteiger partial charge in [0.05, 0.1) is 0 Å². The minimum absolute atomic E-state index is 0. The number of hydrogen-bond donors (Lipinski definition) is 2. The third kappa shape index (κ3) is 7.61. The summed E-state index contributed by atoms with van der Waals surface area (Å²) in [5, 5.41) is 6.67. The van der Waals surface area contributed by atoms with Crippen LogP contribution in [0.25, 0.3) is 0 Å². The molecule has 0 saturated carbocycles. The van der Waals surface area contributed by atoms with Crippen LogP contribution >= 0.6 is 24.0 Å². The molecule has 1 aliphatic rings. The van der Waals surface area contributed by atoms with E-state index in [9.17, 15) is 8.78 Å². The smallest absolute Gasteiger partial charge is 0.387 e. The van der Waals surface area contributed by atoms with E-state index in [0.29, 0.717) is 18.6 Å². The number of ether oxygens (including phenoxy) is 1. The molecule has 26 heavy (non-hydrogen) atoms. The van der Waals surface area contributed by atoms with Gasteiger partial charge in [0.25, 0.3) is 0 Å². The van der Waals surface area contributed by atoms with Gasteiger partial charge in [0.15, 0.2) is 5.96 Å². The van der Waals surface area contributed by atoms with Crippen LogP contribution in [0.1, 0.15) is 32.3 Å². The first-order chi connectivity index (χ1) is 12.0. The molecule has 1 heterocycles. The minimum Gasteiger partial charge on any atom is -0.435 e. The summed E-state index contributed by atoms with van der Waals surface area (Å²) >= 11 is 0. The molecule has 1 fully saturated rings. The van der Waals surface area contributed by atoms with Gasteiger partial charge in [0.2, 0.25) is 0 Å². The molecule has 1 aromatic carbocycles. The van der Waals surface area contributed by atoms with Crippen LogP contribution in [-0.2, 0) is 6.54 Å². The van der Waals surface area contributed by atoms with E-state index < -0.39 is 6.61 Å². The zero-order valence-electron chi connectivity index (χ0n) is 15.5. The molecule has 0 aliphatic carbocycles. The Hall–Kier alpha value is -1.16. The fourth-order valence-corrected chi connectivity index (χ4v) is 2.97. The fraction of sp³-hybridized carbons (Fsp3) is 0.611. The van der Waals surface area contributed by atoms with Crippen molar-refractivity contribution in [1.29, 1.82) is 0 Å². The van der Waals surface area contributed by atoms with Gasteiger partial charge in [-0.05, 0) is 44.4 Å². The van der Waals surface area contributed by atoms with Gasteiger partial charge in [0.1, 0.15) is 5.75 Å².